The standard InChI is InChI=1S/C7H6ClFN2O4S/c8-4-16(14,15)10-7-2-1-5(11(12)13)3-6(7)9/h1-3,10H,4H2. The molecule has 0 radical (unpaired) electrons. The van der Waals surface area contributed by atoms with Crippen LogP contribution in [0.15, 0.2) is 18.2 Å². The monoisotopic (exact) mass is 268 g/mol. The highest BCUT2D eigenvalue weighted by molar-refractivity contribution is 7.93. The van der Waals surface area contributed by atoms with Gasteiger partial charge in [0.25, 0.3) is 5.69 Å². The molecule has 0 amide bonds. The van der Waals surface area contributed by atoms with Gasteiger partial charge in [0, 0.05) is 6.07 Å². The Labute approximate surface area is 95.2 Å². The predicted molar refractivity (Wildman–Crippen MR) is 56.3 cm³/mol. The second-order valence-electron chi connectivity index (χ2n) is 2.75. The van der Waals surface area contributed by atoms with E-state index in [0.717, 1.165) is 12.1 Å². The predicted octanol–water partition coefficient (Wildman–Crippen LogP) is 1.67. The number of alkyl halides is 1. The van der Waals surface area contributed by atoms with E-state index in [1.165, 1.54) is 0 Å². The molecule has 0 aliphatic rings. The third-order valence-corrected chi connectivity index (χ3v) is 3.25. The van der Waals surface area contributed by atoms with Crippen LogP contribution in [0.25, 0.3) is 0 Å². The van der Waals surface area contributed by atoms with Gasteiger partial charge in [-0.1, -0.05) is 0 Å². The summed E-state index contributed by atoms with van der Waals surface area (Å²) in [5.74, 6) is -1.04. The molecule has 0 aromatic heterocycles. The topological polar surface area (TPSA) is 89.3 Å². The lowest BCUT2D eigenvalue weighted by molar-refractivity contribution is -0.385. The van der Waals surface area contributed by atoms with Gasteiger partial charge < -0.3 is 0 Å². The normalized spacial score (nSPS) is 11.1. The van der Waals surface area contributed by atoms with Crippen molar-refractivity contribution in [3.8, 4) is 0 Å². The van der Waals surface area contributed by atoms with Crippen molar-refractivity contribution in [2.24, 2.45) is 0 Å². The molecule has 0 aliphatic heterocycles. The lowest BCUT2D eigenvalue weighted by Gasteiger charge is -2.05. The molecule has 1 aromatic carbocycles. The minimum Gasteiger partial charge on any atom is -0.280 e. The summed E-state index contributed by atoms with van der Waals surface area (Å²) in [7, 11) is -3.82. The number of nitro groups is 1. The summed E-state index contributed by atoms with van der Waals surface area (Å²) in [5, 5.41) is 9.55. The van der Waals surface area contributed by atoms with E-state index in [-0.39, 0.29) is 5.69 Å². The van der Waals surface area contributed by atoms with E-state index in [1.54, 1.807) is 0 Å². The van der Waals surface area contributed by atoms with Crippen LogP contribution in [0.4, 0.5) is 15.8 Å². The first kappa shape index (κ1) is 12.7. The van der Waals surface area contributed by atoms with Crippen LogP contribution in [0.5, 0.6) is 0 Å². The van der Waals surface area contributed by atoms with E-state index >= 15 is 0 Å². The number of nitrogens with zero attached hydrogens (tertiary/aromatic N) is 1. The van der Waals surface area contributed by atoms with Crippen molar-refractivity contribution in [1.82, 2.24) is 0 Å². The highest BCUT2D eigenvalue weighted by Crippen LogP contribution is 2.21. The highest BCUT2D eigenvalue weighted by Gasteiger charge is 2.15. The van der Waals surface area contributed by atoms with Crippen LogP contribution in [0, 0.1) is 15.9 Å². The second kappa shape index (κ2) is 4.62. The summed E-state index contributed by atoms with van der Waals surface area (Å²) >= 11 is 5.10. The summed E-state index contributed by atoms with van der Waals surface area (Å²) in [6.45, 7) is 0. The molecule has 0 unspecified atom stereocenters. The zero-order chi connectivity index (χ0) is 12.3. The maximum absolute atomic E-state index is 13.2. The zero-order valence-corrected chi connectivity index (χ0v) is 9.26. The van der Waals surface area contributed by atoms with Crippen LogP contribution in [-0.4, -0.2) is 18.6 Å². The van der Waals surface area contributed by atoms with E-state index in [2.05, 4.69) is 0 Å². The maximum Gasteiger partial charge on any atom is 0.272 e. The molecular formula is C7H6ClFN2O4S. The fraction of sp³-hybridized carbons (Fsp3) is 0.143. The summed E-state index contributed by atoms with van der Waals surface area (Å²) < 4.78 is 37.0. The Kier molecular flexibility index (Phi) is 3.66. The third-order valence-electron chi connectivity index (χ3n) is 1.57. The Morgan fingerprint density at radius 3 is 2.56 bits per heavy atom. The Balaban J connectivity index is 3.05. The number of non-ortho nitro benzene ring substituents is 1. The minimum absolute atomic E-state index is 0.383. The first-order chi connectivity index (χ1) is 7.35. The van der Waals surface area contributed by atoms with Crippen LogP contribution >= 0.6 is 11.6 Å². The number of anilines is 1. The molecule has 6 nitrogen and oxygen atoms in total. The lowest BCUT2D eigenvalue weighted by atomic mass is 10.3. The quantitative estimate of drug-likeness (QED) is 0.511. The molecule has 1 rings (SSSR count). The minimum atomic E-state index is -3.82. The third kappa shape index (κ3) is 3.04. The molecule has 0 atom stereocenters. The van der Waals surface area contributed by atoms with Crippen molar-refractivity contribution in [2.75, 3.05) is 9.93 Å². The van der Waals surface area contributed by atoms with E-state index < -0.39 is 31.7 Å². The molecule has 0 saturated heterocycles. The van der Waals surface area contributed by atoms with Gasteiger partial charge in [-0.05, 0) is 6.07 Å². The largest absolute Gasteiger partial charge is 0.280 e. The van der Waals surface area contributed by atoms with Gasteiger partial charge in [0.2, 0.25) is 10.0 Å². The zero-order valence-electron chi connectivity index (χ0n) is 7.68. The molecule has 0 heterocycles. The molecule has 0 bridgehead atoms. The van der Waals surface area contributed by atoms with Crippen molar-refractivity contribution >= 4 is 33.0 Å². The van der Waals surface area contributed by atoms with E-state index in [4.69, 9.17) is 11.6 Å². The summed E-state index contributed by atoms with van der Waals surface area (Å²) in [6, 6.07) is 2.55. The first-order valence-corrected chi connectivity index (χ1v) is 6.05. The molecule has 16 heavy (non-hydrogen) atoms. The maximum atomic E-state index is 13.2. The number of hydrogen-bond acceptors (Lipinski definition) is 4. The molecule has 0 spiro atoms. The van der Waals surface area contributed by atoms with E-state index in [9.17, 15) is 22.9 Å². The van der Waals surface area contributed by atoms with Gasteiger partial charge in [-0.2, -0.15) is 0 Å². The first-order valence-electron chi connectivity index (χ1n) is 3.86. The molecule has 0 saturated carbocycles. The summed E-state index contributed by atoms with van der Waals surface area (Å²) in [5.41, 5.74) is -0.849. The highest BCUT2D eigenvalue weighted by atomic mass is 35.5. The van der Waals surface area contributed by atoms with Crippen molar-refractivity contribution in [3.63, 3.8) is 0 Å². The van der Waals surface area contributed by atoms with Crippen molar-refractivity contribution in [2.45, 2.75) is 0 Å². The Morgan fingerprint density at radius 2 is 2.12 bits per heavy atom. The number of hydrogen-bond donors (Lipinski definition) is 1. The van der Waals surface area contributed by atoms with Gasteiger partial charge in [0.05, 0.1) is 16.7 Å². The molecule has 88 valence electrons. The van der Waals surface area contributed by atoms with Crippen LogP contribution in [-0.2, 0) is 10.0 Å². The van der Waals surface area contributed by atoms with Crippen LogP contribution in [0.2, 0.25) is 0 Å². The smallest absolute Gasteiger partial charge is 0.272 e. The van der Waals surface area contributed by atoms with Gasteiger partial charge in [0.1, 0.15) is 5.21 Å². The molecule has 0 fully saturated rings. The molecular weight excluding hydrogens is 263 g/mol. The fourth-order valence-electron chi connectivity index (χ4n) is 0.895. The second-order valence-corrected chi connectivity index (χ2v) is 5.05. The molecule has 0 aliphatic carbocycles. The Bertz CT molecular complexity index is 519. The number of rotatable bonds is 4. The Hall–Kier alpha value is -1.41. The van der Waals surface area contributed by atoms with E-state index in [1.807, 2.05) is 4.72 Å². The van der Waals surface area contributed by atoms with Crippen molar-refractivity contribution in [3.05, 3.63) is 34.1 Å². The van der Waals surface area contributed by atoms with Crippen molar-refractivity contribution in [1.29, 1.82) is 0 Å². The van der Waals surface area contributed by atoms with Gasteiger partial charge in [0.15, 0.2) is 5.82 Å². The van der Waals surface area contributed by atoms with Crippen LogP contribution < -0.4 is 4.72 Å². The lowest BCUT2D eigenvalue weighted by Crippen LogP contribution is -2.14. The van der Waals surface area contributed by atoms with Gasteiger partial charge in [-0.15, -0.1) is 11.6 Å². The fourth-order valence-corrected chi connectivity index (χ4v) is 1.61. The molecule has 1 N–H and O–H groups in total. The number of benzene rings is 1. The van der Waals surface area contributed by atoms with Crippen LogP contribution in [0.3, 0.4) is 0 Å². The van der Waals surface area contributed by atoms with Gasteiger partial charge in [-0.25, -0.2) is 12.8 Å². The van der Waals surface area contributed by atoms with Crippen molar-refractivity contribution < 1.29 is 17.7 Å². The molecule has 9 heteroatoms. The average molecular weight is 269 g/mol. The summed E-state index contributed by atoms with van der Waals surface area (Å²) in [4.78, 5) is 9.50. The van der Waals surface area contributed by atoms with Gasteiger partial charge >= 0.3 is 0 Å². The number of sulfonamides is 1. The number of halogens is 2. The average Bonchev–Trinajstić information content (AvgIpc) is 2.20. The van der Waals surface area contributed by atoms with E-state index in [0.29, 0.717) is 6.07 Å². The van der Waals surface area contributed by atoms with Gasteiger partial charge in [-0.3, -0.25) is 14.8 Å². The molecule has 1 aromatic rings. The summed E-state index contributed by atoms with van der Waals surface area (Å²) in [6.07, 6.45) is 0. The van der Waals surface area contributed by atoms with Crippen LogP contribution in [0.1, 0.15) is 0 Å². The Morgan fingerprint density at radius 1 is 1.50 bits per heavy atom. The SMILES string of the molecule is O=[N+]([O-])c1ccc(NS(=O)(=O)CCl)c(F)c1. The number of nitro benzene ring substituents is 1. The number of nitrogens with one attached hydrogen (secondary N) is 1.